The maximum absolute atomic E-state index is 6.20. The van der Waals surface area contributed by atoms with E-state index in [4.69, 9.17) is 9.47 Å². The fraction of sp³-hybridized carbons (Fsp3) is 0.417. The van der Waals surface area contributed by atoms with Crippen LogP contribution in [0.25, 0.3) is 0 Å². The highest BCUT2D eigenvalue weighted by Crippen LogP contribution is 2.33. The molecule has 27 heavy (non-hydrogen) atoms. The van der Waals surface area contributed by atoms with Crippen LogP contribution in [0.5, 0.6) is 0 Å². The van der Waals surface area contributed by atoms with Gasteiger partial charge in [0.15, 0.2) is 0 Å². The Morgan fingerprint density at radius 2 is 1.59 bits per heavy atom. The van der Waals surface area contributed by atoms with Crippen LogP contribution in [0.2, 0.25) is 0 Å². The van der Waals surface area contributed by atoms with Crippen LogP contribution in [0.15, 0.2) is 72.5 Å². The van der Waals surface area contributed by atoms with E-state index in [1.54, 1.807) is 0 Å². The third-order valence-corrected chi connectivity index (χ3v) is 5.48. The molecule has 2 aromatic rings. The second-order valence-electron chi connectivity index (χ2n) is 7.72. The van der Waals surface area contributed by atoms with Gasteiger partial charge in [-0.1, -0.05) is 60.7 Å². The van der Waals surface area contributed by atoms with Gasteiger partial charge >= 0.3 is 0 Å². The van der Waals surface area contributed by atoms with Crippen molar-refractivity contribution in [2.45, 2.75) is 38.5 Å². The minimum atomic E-state index is 0.391. The standard InChI is InChI=1S/C24H29NO2/c1-3-7-20(8-4-1)17-25-13-11-23(12-14-25)27-24-15-22(16-24)19-26-18-21-9-5-2-6-10-21/h1-11,22,24H,12-19H2/t22-,24+. The zero-order chi connectivity index (χ0) is 18.3. The SMILES string of the molecule is C1=C(O[C@H]2C[C@@H](COCc3ccccc3)C2)CCN(Cc2ccccc2)C1. The molecule has 0 bridgehead atoms. The molecule has 2 aliphatic rings. The molecular formula is C24H29NO2. The molecule has 1 aliphatic heterocycles. The molecule has 1 saturated carbocycles. The second kappa shape index (κ2) is 9.20. The van der Waals surface area contributed by atoms with Gasteiger partial charge in [-0.3, -0.25) is 4.90 Å². The predicted molar refractivity (Wildman–Crippen MR) is 108 cm³/mol. The van der Waals surface area contributed by atoms with Crippen molar-refractivity contribution in [3.8, 4) is 0 Å². The molecule has 3 heteroatoms. The highest BCUT2D eigenvalue weighted by atomic mass is 16.5. The highest BCUT2D eigenvalue weighted by Gasteiger charge is 2.31. The molecule has 1 fully saturated rings. The molecule has 0 spiro atoms. The van der Waals surface area contributed by atoms with Gasteiger partial charge in [-0.2, -0.15) is 0 Å². The van der Waals surface area contributed by atoms with E-state index >= 15 is 0 Å². The van der Waals surface area contributed by atoms with Crippen LogP contribution < -0.4 is 0 Å². The summed E-state index contributed by atoms with van der Waals surface area (Å²) in [6.07, 6.45) is 5.94. The molecule has 0 radical (unpaired) electrons. The molecule has 0 saturated heterocycles. The monoisotopic (exact) mass is 363 g/mol. The van der Waals surface area contributed by atoms with Crippen LogP contribution in [0.4, 0.5) is 0 Å². The van der Waals surface area contributed by atoms with Crippen molar-refractivity contribution in [1.29, 1.82) is 0 Å². The lowest BCUT2D eigenvalue weighted by Crippen LogP contribution is -2.35. The maximum Gasteiger partial charge on any atom is 0.0989 e. The first kappa shape index (κ1) is 18.3. The summed E-state index contributed by atoms with van der Waals surface area (Å²) in [6.45, 7) is 4.65. The average Bonchev–Trinajstić information content (AvgIpc) is 2.69. The van der Waals surface area contributed by atoms with Crippen LogP contribution in [-0.4, -0.2) is 30.7 Å². The molecule has 0 N–H and O–H groups in total. The Bertz CT molecular complexity index is 723. The van der Waals surface area contributed by atoms with Crippen molar-refractivity contribution in [3.63, 3.8) is 0 Å². The van der Waals surface area contributed by atoms with Crippen molar-refractivity contribution >= 4 is 0 Å². The summed E-state index contributed by atoms with van der Waals surface area (Å²) in [4.78, 5) is 2.48. The fourth-order valence-corrected chi connectivity index (χ4v) is 3.82. The average molecular weight is 364 g/mol. The Morgan fingerprint density at radius 3 is 2.26 bits per heavy atom. The quantitative estimate of drug-likeness (QED) is 0.673. The normalized spacial score (nSPS) is 22.7. The molecule has 4 rings (SSSR count). The van der Waals surface area contributed by atoms with Crippen LogP contribution in [0.1, 0.15) is 30.4 Å². The van der Waals surface area contributed by atoms with Crippen LogP contribution >= 0.6 is 0 Å². The summed E-state index contributed by atoms with van der Waals surface area (Å²) in [7, 11) is 0. The minimum Gasteiger partial charge on any atom is -0.495 e. The van der Waals surface area contributed by atoms with Crippen LogP contribution in [0, 0.1) is 5.92 Å². The third-order valence-electron chi connectivity index (χ3n) is 5.48. The zero-order valence-electron chi connectivity index (χ0n) is 15.9. The molecule has 142 valence electrons. The molecule has 1 aliphatic carbocycles. The molecule has 1 heterocycles. The van der Waals surface area contributed by atoms with E-state index in [1.165, 1.54) is 16.9 Å². The van der Waals surface area contributed by atoms with Gasteiger partial charge in [-0.05, 0) is 36.0 Å². The molecule has 0 amide bonds. The Labute approximate surface area is 162 Å². The minimum absolute atomic E-state index is 0.391. The molecule has 0 unspecified atom stereocenters. The molecule has 0 aromatic heterocycles. The molecule has 0 atom stereocenters. The van der Waals surface area contributed by atoms with E-state index in [0.29, 0.717) is 18.6 Å². The van der Waals surface area contributed by atoms with Crippen molar-refractivity contribution in [2.75, 3.05) is 19.7 Å². The largest absolute Gasteiger partial charge is 0.495 e. The highest BCUT2D eigenvalue weighted by molar-refractivity contribution is 5.15. The van der Waals surface area contributed by atoms with Crippen molar-refractivity contribution in [3.05, 3.63) is 83.6 Å². The van der Waals surface area contributed by atoms with Crippen LogP contribution in [0.3, 0.4) is 0 Å². The number of hydrogen-bond donors (Lipinski definition) is 0. The second-order valence-corrected chi connectivity index (χ2v) is 7.72. The maximum atomic E-state index is 6.20. The Morgan fingerprint density at radius 1 is 0.889 bits per heavy atom. The van der Waals surface area contributed by atoms with E-state index in [9.17, 15) is 0 Å². The van der Waals surface area contributed by atoms with Crippen LogP contribution in [-0.2, 0) is 22.6 Å². The smallest absolute Gasteiger partial charge is 0.0989 e. The van der Waals surface area contributed by atoms with E-state index in [1.807, 2.05) is 6.07 Å². The summed E-state index contributed by atoms with van der Waals surface area (Å²) in [5.41, 5.74) is 2.63. The molecule has 2 aromatic carbocycles. The van der Waals surface area contributed by atoms with Gasteiger partial charge in [0.25, 0.3) is 0 Å². The van der Waals surface area contributed by atoms with E-state index in [0.717, 1.165) is 45.5 Å². The van der Waals surface area contributed by atoms with Crippen molar-refractivity contribution < 1.29 is 9.47 Å². The first-order valence-electron chi connectivity index (χ1n) is 10.1. The van der Waals surface area contributed by atoms with E-state index in [2.05, 4.69) is 65.6 Å². The number of ether oxygens (including phenoxy) is 2. The lowest BCUT2D eigenvalue weighted by molar-refractivity contribution is -0.0359. The topological polar surface area (TPSA) is 21.7 Å². The van der Waals surface area contributed by atoms with Gasteiger partial charge in [0.05, 0.1) is 25.1 Å². The zero-order valence-corrected chi connectivity index (χ0v) is 15.9. The van der Waals surface area contributed by atoms with Crippen molar-refractivity contribution in [1.82, 2.24) is 4.90 Å². The van der Waals surface area contributed by atoms with Gasteiger partial charge in [-0.15, -0.1) is 0 Å². The van der Waals surface area contributed by atoms with Gasteiger partial charge in [0.1, 0.15) is 0 Å². The third kappa shape index (κ3) is 5.44. The lowest BCUT2D eigenvalue weighted by Gasteiger charge is -2.37. The molecular weight excluding hydrogens is 334 g/mol. The van der Waals surface area contributed by atoms with Crippen molar-refractivity contribution in [2.24, 2.45) is 5.92 Å². The summed E-state index contributed by atoms with van der Waals surface area (Å²) in [5.74, 6) is 1.84. The Hall–Kier alpha value is -2.10. The Kier molecular flexibility index (Phi) is 6.23. The summed E-state index contributed by atoms with van der Waals surface area (Å²) in [5, 5.41) is 0. The summed E-state index contributed by atoms with van der Waals surface area (Å²) < 4.78 is 12.1. The predicted octanol–water partition coefficient (Wildman–Crippen LogP) is 4.79. The lowest BCUT2D eigenvalue weighted by atomic mass is 9.83. The van der Waals surface area contributed by atoms with Gasteiger partial charge in [0, 0.05) is 26.1 Å². The summed E-state index contributed by atoms with van der Waals surface area (Å²) in [6, 6.07) is 21.1. The van der Waals surface area contributed by atoms with E-state index in [-0.39, 0.29) is 0 Å². The van der Waals surface area contributed by atoms with E-state index < -0.39 is 0 Å². The Balaban J connectivity index is 1.11. The molecule has 3 nitrogen and oxygen atoms in total. The number of benzene rings is 2. The summed E-state index contributed by atoms with van der Waals surface area (Å²) >= 11 is 0. The number of nitrogens with zero attached hydrogens (tertiary/aromatic N) is 1. The number of hydrogen-bond acceptors (Lipinski definition) is 3. The van der Waals surface area contributed by atoms with Gasteiger partial charge in [-0.25, -0.2) is 0 Å². The first-order valence-corrected chi connectivity index (χ1v) is 10.1. The van der Waals surface area contributed by atoms with Gasteiger partial charge < -0.3 is 9.47 Å². The fourth-order valence-electron chi connectivity index (χ4n) is 3.82. The van der Waals surface area contributed by atoms with Gasteiger partial charge in [0.2, 0.25) is 0 Å². The number of rotatable bonds is 8. The first-order chi connectivity index (χ1) is 13.3.